The van der Waals surface area contributed by atoms with Crippen LogP contribution in [0.2, 0.25) is 0 Å². The number of hydrogen-bond donors (Lipinski definition) is 0. The van der Waals surface area contributed by atoms with Gasteiger partial charge in [-0.1, -0.05) is 48.5 Å². The standard InChI is InChI=1S/C21H24O3/c1-3-7-19-15-20(14-16-8-5-4-6-9-16)24-21(23-19)17-10-12-18(22-2)13-11-17/h3-6,8-13,19-21H,1,7,14-15H2,2H3/t19-,20+,21+/m0/s1. The highest BCUT2D eigenvalue weighted by Gasteiger charge is 2.30. The summed E-state index contributed by atoms with van der Waals surface area (Å²) in [6.07, 6.45) is 4.46. The van der Waals surface area contributed by atoms with Crippen molar-refractivity contribution < 1.29 is 14.2 Å². The molecule has 1 heterocycles. The van der Waals surface area contributed by atoms with Crippen LogP contribution in [0.25, 0.3) is 0 Å². The Morgan fingerprint density at radius 2 is 1.75 bits per heavy atom. The van der Waals surface area contributed by atoms with Crippen molar-refractivity contribution in [2.24, 2.45) is 0 Å². The number of methoxy groups -OCH3 is 1. The largest absolute Gasteiger partial charge is 0.497 e. The molecule has 1 aliphatic rings. The second kappa shape index (κ2) is 8.13. The van der Waals surface area contributed by atoms with Crippen LogP contribution in [0.1, 0.15) is 30.3 Å². The monoisotopic (exact) mass is 324 g/mol. The van der Waals surface area contributed by atoms with Crippen LogP contribution in [0.15, 0.2) is 67.3 Å². The number of benzene rings is 2. The van der Waals surface area contributed by atoms with Crippen molar-refractivity contribution in [1.82, 2.24) is 0 Å². The molecule has 1 fully saturated rings. The molecule has 0 aromatic heterocycles. The molecule has 0 unspecified atom stereocenters. The third-order valence-corrected chi connectivity index (χ3v) is 4.28. The van der Waals surface area contributed by atoms with Gasteiger partial charge in [0.25, 0.3) is 0 Å². The lowest BCUT2D eigenvalue weighted by molar-refractivity contribution is -0.246. The third kappa shape index (κ3) is 4.25. The van der Waals surface area contributed by atoms with Crippen LogP contribution in [-0.2, 0) is 15.9 Å². The molecule has 24 heavy (non-hydrogen) atoms. The van der Waals surface area contributed by atoms with E-state index in [0.717, 1.165) is 30.6 Å². The van der Waals surface area contributed by atoms with E-state index in [1.165, 1.54) is 5.56 Å². The Morgan fingerprint density at radius 1 is 1.04 bits per heavy atom. The van der Waals surface area contributed by atoms with Crippen LogP contribution in [0, 0.1) is 0 Å². The zero-order valence-corrected chi connectivity index (χ0v) is 14.1. The van der Waals surface area contributed by atoms with Gasteiger partial charge in [-0.3, -0.25) is 0 Å². The summed E-state index contributed by atoms with van der Waals surface area (Å²) < 4.78 is 17.6. The minimum atomic E-state index is -0.344. The second-order valence-corrected chi connectivity index (χ2v) is 6.07. The van der Waals surface area contributed by atoms with Gasteiger partial charge in [0.2, 0.25) is 0 Å². The van der Waals surface area contributed by atoms with E-state index in [9.17, 15) is 0 Å². The predicted molar refractivity (Wildman–Crippen MR) is 95.1 cm³/mol. The zero-order valence-electron chi connectivity index (χ0n) is 14.1. The molecular formula is C21H24O3. The van der Waals surface area contributed by atoms with Gasteiger partial charge in [-0.15, -0.1) is 6.58 Å². The second-order valence-electron chi connectivity index (χ2n) is 6.07. The molecule has 3 nitrogen and oxygen atoms in total. The van der Waals surface area contributed by atoms with Crippen molar-refractivity contribution in [3.63, 3.8) is 0 Å². The van der Waals surface area contributed by atoms with Gasteiger partial charge in [0.05, 0.1) is 19.3 Å². The Bertz CT molecular complexity index is 636. The summed E-state index contributed by atoms with van der Waals surface area (Å²) in [7, 11) is 1.67. The molecule has 0 bridgehead atoms. The maximum atomic E-state index is 6.23. The summed E-state index contributed by atoms with van der Waals surface area (Å²) in [6, 6.07) is 18.3. The molecule has 3 rings (SSSR count). The van der Waals surface area contributed by atoms with Crippen LogP contribution in [-0.4, -0.2) is 19.3 Å². The van der Waals surface area contributed by atoms with Crippen LogP contribution in [0.5, 0.6) is 5.75 Å². The van der Waals surface area contributed by atoms with E-state index in [1.807, 2.05) is 36.4 Å². The first-order chi connectivity index (χ1) is 11.8. The van der Waals surface area contributed by atoms with Gasteiger partial charge in [0.15, 0.2) is 6.29 Å². The molecule has 0 aliphatic carbocycles. The topological polar surface area (TPSA) is 27.7 Å². The molecule has 0 spiro atoms. The Labute approximate surface area is 143 Å². The maximum Gasteiger partial charge on any atom is 0.184 e. The van der Waals surface area contributed by atoms with Crippen molar-refractivity contribution in [3.05, 3.63) is 78.4 Å². The van der Waals surface area contributed by atoms with Gasteiger partial charge in [-0.05, 0) is 30.5 Å². The molecule has 0 N–H and O–H groups in total. The van der Waals surface area contributed by atoms with Gasteiger partial charge in [0.1, 0.15) is 5.75 Å². The summed E-state index contributed by atoms with van der Waals surface area (Å²) >= 11 is 0. The average Bonchev–Trinajstić information content (AvgIpc) is 2.63. The van der Waals surface area contributed by atoms with Crippen molar-refractivity contribution in [1.29, 1.82) is 0 Å². The van der Waals surface area contributed by atoms with E-state index in [2.05, 4.69) is 30.8 Å². The van der Waals surface area contributed by atoms with E-state index >= 15 is 0 Å². The summed E-state index contributed by atoms with van der Waals surface area (Å²) in [4.78, 5) is 0. The highest BCUT2D eigenvalue weighted by molar-refractivity contribution is 5.28. The number of hydrogen-bond acceptors (Lipinski definition) is 3. The molecule has 2 aromatic rings. The summed E-state index contributed by atoms with van der Waals surface area (Å²) in [5.74, 6) is 0.832. The van der Waals surface area contributed by atoms with Gasteiger partial charge >= 0.3 is 0 Å². The summed E-state index contributed by atoms with van der Waals surface area (Å²) in [6.45, 7) is 3.85. The number of rotatable bonds is 6. The van der Waals surface area contributed by atoms with E-state index < -0.39 is 0 Å². The van der Waals surface area contributed by atoms with E-state index in [4.69, 9.17) is 14.2 Å². The summed E-state index contributed by atoms with van der Waals surface area (Å²) in [5.41, 5.74) is 2.30. The van der Waals surface area contributed by atoms with Gasteiger partial charge in [-0.25, -0.2) is 0 Å². The highest BCUT2D eigenvalue weighted by Crippen LogP contribution is 2.33. The van der Waals surface area contributed by atoms with Crippen molar-refractivity contribution in [2.45, 2.75) is 37.8 Å². The first kappa shape index (κ1) is 16.7. The Kier molecular flexibility index (Phi) is 5.68. The Morgan fingerprint density at radius 3 is 2.42 bits per heavy atom. The third-order valence-electron chi connectivity index (χ3n) is 4.28. The average molecular weight is 324 g/mol. The van der Waals surface area contributed by atoms with Gasteiger partial charge < -0.3 is 14.2 Å². The molecule has 0 amide bonds. The Hall–Kier alpha value is -2.10. The lowest BCUT2D eigenvalue weighted by Crippen LogP contribution is -2.34. The first-order valence-corrected chi connectivity index (χ1v) is 8.38. The van der Waals surface area contributed by atoms with Crippen LogP contribution in [0.3, 0.4) is 0 Å². The fourth-order valence-corrected chi connectivity index (χ4v) is 3.05. The molecular weight excluding hydrogens is 300 g/mol. The minimum Gasteiger partial charge on any atom is -0.497 e. The van der Waals surface area contributed by atoms with E-state index in [-0.39, 0.29) is 18.5 Å². The normalized spacial score (nSPS) is 23.6. The van der Waals surface area contributed by atoms with E-state index in [1.54, 1.807) is 7.11 Å². The lowest BCUT2D eigenvalue weighted by atomic mass is 9.99. The molecule has 1 aliphatic heterocycles. The molecule has 2 aromatic carbocycles. The van der Waals surface area contributed by atoms with Gasteiger partial charge in [0, 0.05) is 12.0 Å². The number of ether oxygens (including phenoxy) is 3. The quantitative estimate of drug-likeness (QED) is 0.722. The predicted octanol–water partition coefficient (Wildman–Crippen LogP) is 4.69. The Balaban J connectivity index is 1.74. The molecule has 3 heteroatoms. The van der Waals surface area contributed by atoms with Crippen LogP contribution < -0.4 is 4.74 Å². The SMILES string of the molecule is C=CC[C@H]1C[C@@H](Cc2ccccc2)O[C@H](c2ccc(OC)cc2)O1. The minimum absolute atomic E-state index is 0.136. The van der Waals surface area contributed by atoms with E-state index in [0.29, 0.717) is 0 Å². The van der Waals surface area contributed by atoms with Crippen LogP contribution in [0.4, 0.5) is 0 Å². The summed E-state index contributed by atoms with van der Waals surface area (Å²) in [5, 5.41) is 0. The molecule has 0 radical (unpaired) electrons. The molecule has 1 saturated heterocycles. The molecule has 3 atom stereocenters. The fourth-order valence-electron chi connectivity index (χ4n) is 3.05. The first-order valence-electron chi connectivity index (χ1n) is 8.38. The highest BCUT2D eigenvalue weighted by atomic mass is 16.7. The smallest absolute Gasteiger partial charge is 0.184 e. The molecule has 126 valence electrons. The van der Waals surface area contributed by atoms with Gasteiger partial charge in [-0.2, -0.15) is 0 Å². The van der Waals surface area contributed by atoms with Crippen LogP contribution >= 0.6 is 0 Å². The van der Waals surface area contributed by atoms with Crippen molar-refractivity contribution in [3.8, 4) is 5.75 Å². The fraction of sp³-hybridized carbons (Fsp3) is 0.333. The van der Waals surface area contributed by atoms with Crippen molar-refractivity contribution >= 4 is 0 Å². The molecule has 0 saturated carbocycles. The van der Waals surface area contributed by atoms with Crippen molar-refractivity contribution in [2.75, 3.05) is 7.11 Å². The lowest BCUT2D eigenvalue weighted by Gasteiger charge is -2.36. The zero-order chi connectivity index (χ0) is 16.8. The maximum absolute atomic E-state index is 6.23.